The van der Waals surface area contributed by atoms with Crippen molar-refractivity contribution in [1.82, 2.24) is 14.8 Å². The number of hydrogen-bond donors (Lipinski definition) is 1. The lowest BCUT2D eigenvalue weighted by Gasteiger charge is -2.22. The maximum atomic E-state index is 12.9. The highest BCUT2D eigenvalue weighted by Gasteiger charge is 2.48. The number of carbonyl (C=O) groups is 4. The molecule has 0 spiro atoms. The average molecular weight is 405 g/mol. The molecular weight excluding hydrogens is 374 g/mol. The number of amides is 3. The van der Waals surface area contributed by atoms with Gasteiger partial charge in [0.15, 0.2) is 5.78 Å². The van der Waals surface area contributed by atoms with Crippen molar-refractivity contribution in [1.29, 1.82) is 0 Å². The fraction of sp³-hybridized carbons (Fsp3) is 0.619. The molecule has 2 heterocycles. The topological polar surface area (TPSA) is 97.7 Å². The van der Waals surface area contributed by atoms with Gasteiger partial charge >= 0.3 is 12.0 Å². The Balaban J connectivity index is 2.13. The molecule has 1 aliphatic rings. The number of methoxy groups -OCH3 is 1. The summed E-state index contributed by atoms with van der Waals surface area (Å²) >= 11 is 0. The lowest BCUT2D eigenvalue weighted by Crippen LogP contribution is -2.44. The molecule has 1 saturated heterocycles. The van der Waals surface area contributed by atoms with E-state index in [4.69, 9.17) is 0 Å². The van der Waals surface area contributed by atoms with Crippen molar-refractivity contribution in [2.24, 2.45) is 5.92 Å². The number of rotatable bonds is 9. The van der Waals surface area contributed by atoms with Crippen LogP contribution in [0.4, 0.5) is 4.79 Å². The van der Waals surface area contributed by atoms with Crippen molar-refractivity contribution < 1.29 is 23.9 Å². The SMILES string of the molecule is COC(=O)CCn1c(C)cc(C(=O)CN2C(=O)N[C@](C)(CCC(C)C)C2=O)c1C. The first kappa shape index (κ1) is 22.6. The zero-order valence-corrected chi connectivity index (χ0v) is 18.1. The predicted molar refractivity (Wildman–Crippen MR) is 108 cm³/mol. The van der Waals surface area contributed by atoms with Crippen molar-refractivity contribution in [3.8, 4) is 0 Å². The fourth-order valence-electron chi connectivity index (χ4n) is 3.60. The van der Waals surface area contributed by atoms with Crippen LogP contribution < -0.4 is 5.32 Å². The summed E-state index contributed by atoms with van der Waals surface area (Å²) in [5.41, 5.74) is 1.00. The summed E-state index contributed by atoms with van der Waals surface area (Å²) < 4.78 is 6.53. The molecule has 1 aromatic rings. The Bertz CT molecular complexity index is 827. The second-order valence-electron chi connectivity index (χ2n) is 8.27. The van der Waals surface area contributed by atoms with E-state index in [1.807, 2.05) is 11.5 Å². The number of carbonyl (C=O) groups excluding carboxylic acids is 4. The van der Waals surface area contributed by atoms with E-state index in [0.29, 0.717) is 30.1 Å². The number of ether oxygens (including phenoxy) is 1. The van der Waals surface area contributed by atoms with Crippen LogP contribution in [-0.4, -0.2) is 52.4 Å². The molecule has 3 amide bonds. The number of esters is 1. The Labute approximate surface area is 171 Å². The number of hydrogen-bond acceptors (Lipinski definition) is 5. The Kier molecular flexibility index (Phi) is 6.87. The molecule has 0 bridgehead atoms. The molecule has 160 valence electrons. The Morgan fingerprint density at radius 3 is 2.48 bits per heavy atom. The molecule has 2 rings (SSSR count). The first-order valence-electron chi connectivity index (χ1n) is 9.91. The van der Waals surface area contributed by atoms with E-state index in [2.05, 4.69) is 23.9 Å². The summed E-state index contributed by atoms with van der Waals surface area (Å²) in [5.74, 6) is -0.594. The van der Waals surface area contributed by atoms with Crippen LogP contribution in [0.1, 0.15) is 61.8 Å². The number of urea groups is 1. The van der Waals surface area contributed by atoms with Gasteiger partial charge in [0.05, 0.1) is 20.1 Å². The quantitative estimate of drug-likeness (QED) is 0.387. The summed E-state index contributed by atoms with van der Waals surface area (Å²) in [7, 11) is 1.33. The summed E-state index contributed by atoms with van der Waals surface area (Å²) in [6.07, 6.45) is 1.52. The summed E-state index contributed by atoms with van der Waals surface area (Å²) in [5, 5.41) is 2.74. The van der Waals surface area contributed by atoms with Gasteiger partial charge in [0.25, 0.3) is 5.91 Å². The zero-order chi connectivity index (χ0) is 21.9. The third-order valence-electron chi connectivity index (χ3n) is 5.51. The Hall–Kier alpha value is -2.64. The van der Waals surface area contributed by atoms with E-state index in [9.17, 15) is 19.2 Å². The molecule has 29 heavy (non-hydrogen) atoms. The standard InChI is InChI=1S/C21H31N3O5/c1-13(2)7-9-21(5)19(27)24(20(28)22-21)12-17(25)16-11-14(3)23(15(16)4)10-8-18(26)29-6/h11,13H,7-10,12H2,1-6H3,(H,22,28)/t21-/m1/s1. The average Bonchev–Trinajstić information content (AvgIpc) is 3.06. The molecule has 8 nitrogen and oxygen atoms in total. The number of imide groups is 1. The molecule has 1 atom stereocenters. The molecule has 0 aromatic carbocycles. The van der Waals surface area contributed by atoms with Crippen LogP contribution in [0.2, 0.25) is 0 Å². The number of nitrogens with one attached hydrogen (secondary N) is 1. The van der Waals surface area contributed by atoms with Crippen LogP contribution in [0.5, 0.6) is 0 Å². The summed E-state index contributed by atoms with van der Waals surface area (Å²) in [4.78, 5) is 50.5. The number of Topliss-reactive ketones (excluding diaryl/α,β-unsaturated/α-hetero) is 1. The second kappa shape index (κ2) is 8.80. The lowest BCUT2D eigenvalue weighted by atomic mass is 9.92. The van der Waals surface area contributed by atoms with Crippen LogP contribution in [0.3, 0.4) is 0 Å². The van der Waals surface area contributed by atoms with Gasteiger partial charge in [-0.25, -0.2) is 4.79 Å². The van der Waals surface area contributed by atoms with Crippen molar-refractivity contribution in [2.75, 3.05) is 13.7 Å². The lowest BCUT2D eigenvalue weighted by molar-refractivity contribution is -0.140. The highest BCUT2D eigenvalue weighted by Crippen LogP contribution is 2.25. The molecule has 0 radical (unpaired) electrons. The van der Waals surface area contributed by atoms with Gasteiger partial charge in [-0.2, -0.15) is 0 Å². The van der Waals surface area contributed by atoms with Crippen molar-refractivity contribution in [3.63, 3.8) is 0 Å². The molecule has 0 aliphatic carbocycles. The first-order valence-corrected chi connectivity index (χ1v) is 9.91. The molecule has 0 unspecified atom stereocenters. The maximum absolute atomic E-state index is 12.9. The molecule has 1 aliphatic heterocycles. The van der Waals surface area contributed by atoms with E-state index in [0.717, 1.165) is 17.0 Å². The highest BCUT2D eigenvalue weighted by molar-refractivity contribution is 6.11. The van der Waals surface area contributed by atoms with Gasteiger partial charge in [-0.15, -0.1) is 0 Å². The largest absolute Gasteiger partial charge is 0.469 e. The number of aryl methyl sites for hydroxylation is 1. The van der Waals surface area contributed by atoms with Crippen LogP contribution >= 0.6 is 0 Å². The number of aromatic nitrogens is 1. The molecular formula is C21H31N3O5. The minimum atomic E-state index is -0.973. The van der Waals surface area contributed by atoms with Gasteiger partial charge < -0.3 is 14.6 Å². The third kappa shape index (κ3) is 4.86. The normalized spacial score (nSPS) is 19.1. The molecule has 1 fully saturated rings. The molecule has 1 aromatic heterocycles. The summed E-state index contributed by atoms with van der Waals surface area (Å²) in [6.45, 7) is 9.55. The summed E-state index contributed by atoms with van der Waals surface area (Å²) in [6, 6.07) is 1.19. The van der Waals surface area contributed by atoms with E-state index < -0.39 is 11.6 Å². The van der Waals surface area contributed by atoms with Crippen LogP contribution in [-0.2, 0) is 20.9 Å². The van der Waals surface area contributed by atoms with Crippen molar-refractivity contribution in [2.45, 2.75) is 66.0 Å². The fourth-order valence-corrected chi connectivity index (χ4v) is 3.60. The third-order valence-corrected chi connectivity index (χ3v) is 5.51. The van der Waals surface area contributed by atoms with Gasteiger partial charge in [0.2, 0.25) is 0 Å². The maximum Gasteiger partial charge on any atom is 0.325 e. The van der Waals surface area contributed by atoms with Gasteiger partial charge in [-0.3, -0.25) is 19.3 Å². The smallest absolute Gasteiger partial charge is 0.325 e. The molecule has 1 N–H and O–H groups in total. The molecule has 0 saturated carbocycles. The number of ketones is 1. The minimum absolute atomic E-state index is 0.196. The van der Waals surface area contributed by atoms with Crippen molar-refractivity contribution >= 4 is 23.7 Å². The van der Waals surface area contributed by atoms with E-state index in [1.54, 1.807) is 19.9 Å². The first-order chi connectivity index (χ1) is 13.5. The second-order valence-corrected chi connectivity index (χ2v) is 8.27. The van der Waals surface area contributed by atoms with Gasteiger partial charge in [0.1, 0.15) is 5.54 Å². The van der Waals surface area contributed by atoms with Crippen LogP contribution in [0.15, 0.2) is 6.07 Å². The van der Waals surface area contributed by atoms with Gasteiger partial charge in [-0.05, 0) is 45.6 Å². The Morgan fingerprint density at radius 1 is 1.24 bits per heavy atom. The monoisotopic (exact) mass is 405 g/mol. The highest BCUT2D eigenvalue weighted by atomic mass is 16.5. The minimum Gasteiger partial charge on any atom is -0.469 e. The molecule has 8 heteroatoms. The van der Waals surface area contributed by atoms with E-state index in [-0.39, 0.29) is 30.6 Å². The van der Waals surface area contributed by atoms with Gasteiger partial charge in [0, 0.05) is 23.5 Å². The van der Waals surface area contributed by atoms with E-state index >= 15 is 0 Å². The van der Waals surface area contributed by atoms with Crippen LogP contribution in [0.25, 0.3) is 0 Å². The Morgan fingerprint density at radius 2 is 1.90 bits per heavy atom. The van der Waals surface area contributed by atoms with Crippen LogP contribution in [0, 0.1) is 19.8 Å². The van der Waals surface area contributed by atoms with Crippen molar-refractivity contribution in [3.05, 3.63) is 23.0 Å². The zero-order valence-electron chi connectivity index (χ0n) is 18.1. The number of nitrogens with zero attached hydrogens (tertiary/aromatic N) is 2. The van der Waals surface area contributed by atoms with E-state index in [1.165, 1.54) is 7.11 Å². The predicted octanol–water partition coefficient (Wildman–Crippen LogP) is 2.60. The van der Waals surface area contributed by atoms with Gasteiger partial charge in [-0.1, -0.05) is 13.8 Å².